The zero-order chi connectivity index (χ0) is 28.1. The van der Waals surface area contributed by atoms with E-state index in [1.54, 1.807) is 6.07 Å². The Bertz CT molecular complexity index is 1310. The van der Waals surface area contributed by atoms with Gasteiger partial charge in [-0.05, 0) is 62.4 Å². The van der Waals surface area contributed by atoms with Gasteiger partial charge in [-0.25, -0.2) is 0 Å². The topological polar surface area (TPSA) is 89.8 Å². The van der Waals surface area contributed by atoms with Crippen LogP contribution in [0.4, 0.5) is 13.2 Å². The van der Waals surface area contributed by atoms with Crippen LogP contribution >= 0.6 is 11.9 Å². The number of benzene rings is 2. The Labute approximate surface area is 236 Å². The molecular weight excluding hydrogens is 539 g/mol. The van der Waals surface area contributed by atoms with Crippen molar-refractivity contribution in [3.8, 4) is 17.1 Å². The minimum atomic E-state index is -4.58. The zero-order valence-electron chi connectivity index (χ0n) is 22.5. The van der Waals surface area contributed by atoms with Crippen molar-refractivity contribution in [2.24, 2.45) is 16.0 Å². The number of nitrogens with zero attached hydrogens (tertiary/aromatic N) is 4. The zero-order valence-corrected chi connectivity index (χ0v) is 23.3. The van der Waals surface area contributed by atoms with E-state index in [9.17, 15) is 13.2 Å². The molecule has 0 spiro atoms. The molecule has 1 aromatic heterocycles. The number of hydrogen-bond donors (Lipinski definition) is 1. The van der Waals surface area contributed by atoms with Gasteiger partial charge in [-0.3, -0.25) is 0 Å². The first-order valence-electron chi connectivity index (χ1n) is 13.8. The van der Waals surface area contributed by atoms with Gasteiger partial charge < -0.3 is 19.9 Å². The Hall–Kier alpha value is -3.21. The first-order valence-corrected chi connectivity index (χ1v) is 14.6. The van der Waals surface area contributed by atoms with E-state index in [0.717, 1.165) is 42.2 Å². The molecule has 2 heterocycles. The Morgan fingerprint density at radius 1 is 1.10 bits per heavy atom. The van der Waals surface area contributed by atoms with Crippen LogP contribution in [0.1, 0.15) is 74.4 Å². The third-order valence-electron chi connectivity index (χ3n) is 7.59. The smallest absolute Gasteiger partial charge is 0.419 e. The Kier molecular flexibility index (Phi) is 8.87. The van der Waals surface area contributed by atoms with E-state index < -0.39 is 11.7 Å². The first kappa shape index (κ1) is 28.3. The fourth-order valence-corrected chi connectivity index (χ4v) is 5.93. The third-order valence-corrected chi connectivity index (χ3v) is 8.35. The molecule has 1 atom stereocenters. The number of halogens is 3. The predicted octanol–water partition coefficient (Wildman–Crippen LogP) is 7.57. The van der Waals surface area contributed by atoms with Gasteiger partial charge in [0.15, 0.2) is 0 Å². The molecule has 2 aliphatic rings. The molecule has 1 saturated carbocycles. The van der Waals surface area contributed by atoms with Gasteiger partial charge in [0.2, 0.25) is 17.7 Å². The number of alkyl halides is 3. The molecule has 1 aliphatic carbocycles. The molecule has 2 N–H and O–H groups in total. The molecule has 11 heteroatoms. The third kappa shape index (κ3) is 6.92. The quantitative estimate of drug-likeness (QED) is 0.169. The maximum atomic E-state index is 14.0. The molecule has 5 rings (SSSR count). The van der Waals surface area contributed by atoms with Crippen LogP contribution in [0, 0.1) is 12.8 Å². The van der Waals surface area contributed by atoms with E-state index in [1.165, 1.54) is 37.3 Å². The van der Waals surface area contributed by atoms with Crippen molar-refractivity contribution in [2.75, 3.05) is 13.2 Å². The lowest BCUT2D eigenvalue weighted by Gasteiger charge is -2.22. The van der Waals surface area contributed by atoms with Gasteiger partial charge in [0.1, 0.15) is 11.8 Å². The summed E-state index contributed by atoms with van der Waals surface area (Å²) in [5, 5.41) is 4.00. The van der Waals surface area contributed by atoms with E-state index in [4.69, 9.17) is 15.0 Å². The van der Waals surface area contributed by atoms with Crippen molar-refractivity contribution in [3.63, 3.8) is 0 Å². The van der Waals surface area contributed by atoms with E-state index >= 15 is 0 Å². The molecule has 7 nitrogen and oxygen atoms in total. The number of nitrogens with two attached hydrogens (primary N) is 1. The van der Waals surface area contributed by atoms with Gasteiger partial charge in [-0.2, -0.15) is 22.6 Å². The number of hydrogen-bond acceptors (Lipinski definition) is 6. The standard InChI is InChI=1S/C29H34F3N5O2S/c1-19-9-12-22(13-10-19)40-36-28(33)37-16-5-8-24(37)27-34-26(35-39-27)21-11-14-25(23(18-21)29(30,31)32)38-17-15-20-6-3-2-4-7-20/h9-14,18,20,24H,2-8,15-17H2,1H3,(H2,33,36). The highest BCUT2D eigenvalue weighted by atomic mass is 32.2. The summed E-state index contributed by atoms with van der Waals surface area (Å²) < 4.78 is 57.5. The second kappa shape index (κ2) is 12.5. The minimum Gasteiger partial charge on any atom is -0.493 e. The van der Waals surface area contributed by atoms with E-state index in [2.05, 4.69) is 14.5 Å². The molecule has 2 fully saturated rings. The van der Waals surface area contributed by atoms with Crippen LogP contribution in [0.5, 0.6) is 5.75 Å². The molecule has 214 valence electrons. The van der Waals surface area contributed by atoms with Crippen molar-refractivity contribution < 1.29 is 22.4 Å². The average molecular weight is 574 g/mol. The molecule has 1 aliphatic heterocycles. The summed E-state index contributed by atoms with van der Waals surface area (Å²) in [6, 6.07) is 11.6. The average Bonchev–Trinajstić information content (AvgIpc) is 3.63. The second-order valence-corrected chi connectivity index (χ2v) is 11.3. The second-order valence-electron chi connectivity index (χ2n) is 10.5. The Morgan fingerprint density at radius 2 is 1.88 bits per heavy atom. The van der Waals surface area contributed by atoms with Crippen LogP contribution in [0.2, 0.25) is 0 Å². The highest BCUT2D eigenvalue weighted by Crippen LogP contribution is 2.39. The summed E-state index contributed by atoms with van der Waals surface area (Å²) >= 11 is 1.28. The monoisotopic (exact) mass is 573 g/mol. The van der Waals surface area contributed by atoms with E-state index in [1.807, 2.05) is 36.1 Å². The molecule has 0 amide bonds. The van der Waals surface area contributed by atoms with Crippen molar-refractivity contribution in [1.82, 2.24) is 15.0 Å². The largest absolute Gasteiger partial charge is 0.493 e. The van der Waals surface area contributed by atoms with Crippen LogP contribution in [0.15, 0.2) is 56.3 Å². The lowest BCUT2D eigenvalue weighted by atomic mass is 9.87. The van der Waals surface area contributed by atoms with Crippen molar-refractivity contribution in [2.45, 2.75) is 75.4 Å². The van der Waals surface area contributed by atoms with Gasteiger partial charge in [-0.15, -0.1) is 0 Å². The molecule has 0 bridgehead atoms. The Morgan fingerprint density at radius 3 is 2.62 bits per heavy atom. The Balaban J connectivity index is 1.28. The number of guanidine groups is 1. The van der Waals surface area contributed by atoms with E-state index in [0.29, 0.717) is 30.7 Å². The normalized spacial score (nSPS) is 18.9. The van der Waals surface area contributed by atoms with Gasteiger partial charge in [0.05, 0.1) is 12.2 Å². The lowest BCUT2D eigenvalue weighted by molar-refractivity contribution is -0.138. The molecule has 1 saturated heterocycles. The van der Waals surface area contributed by atoms with Crippen LogP contribution in [0.3, 0.4) is 0 Å². The maximum Gasteiger partial charge on any atom is 0.419 e. The summed E-state index contributed by atoms with van der Waals surface area (Å²) in [4.78, 5) is 7.31. The SMILES string of the molecule is Cc1ccc(S/N=C(/N)N2CCCC2c2nc(-c3ccc(OCCC4CCCCC4)c(C(F)(F)F)c3)no2)cc1. The summed E-state index contributed by atoms with van der Waals surface area (Å²) in [6.45, 7) is 2.95. The van der Waals surface area contributed by atoms with Gasteiger partial charge >= 0.3 is 6.18 Å². The fraction of sp³-hybridized carbons (Fsp3) is 0.483. The number of aryl methyl sites for hydroxylation is 1. The first-order chi connectivity index (χ1) is 19.3. The molecular formula is C29H34F3N5O2S. The van der Waals surface area contributed by atoms with Gasteiger partial charge in [0.25, 0.3) is 0 Å². The summed E-state index contributed by atoms with van der Waals surface area (Å²) in [7, 11) is 0. The van der Waals surface area contributed by atoms with Crippen molar-refractivity contribution in [1.29, 1.82) is 0 Å². The van der Waals surface area contributed by atoms with Gasteiger partial charge in [-0.1, -0.05) is 55.0 Å². The van der Waals surface area contributed by atoms with Crippen molar-refractivity contribution >= 4 is 17.9 Å². The number of aromatic nitrogens is 2. The highest BCUT2D eigenvalue weighted by Gasteiger charge is 2.36. The molecule has 1 unspecified atom stereocenters. The number of likely N-dealkylation sites (tertiary alicyclic amines) is 1. The predicted molar refractivity (Wildman–Crippen MR) is 149 cm³/mol. The van der Waals surface area contributed by atoms with Crippen LogP contribution in [-0.2, 0) is 6.18 Å². The minimum absolute atomic E-state index is 0.0886. The number of ether oxygens (including phenoxy) is 1. The van der Waals surface area contributed by atoms with Crippen LogP contribution in [-0.4, -0.2) is 34.2 Å². The lowest BCUT2D eigenvalue weighted by Crippen LogP contribution is -2.36. The fourth-order valence-electron chi connectivity index (χ4n) is 5.36. The number of rotatable bonds is 8. The summed E-state index contributed by atoms with van der Waals surface area (Å²) in [5.74, 6) is 1.07. The molecule has 40 heavy (non-hydrogen) atoms. The van der Waals surface area contributed by atoms with Gasteiger partial charge in [0, 0.05) is 29.0 Å². The van der Waals surface area contributed by atoms with Crippen LogP contribution < -0.4 is 10.5 Å². The van der Waals surface area contributed by atoms with Crippen molar-refractivity contribution in [3.05, 3.63) is 59.5 Å². The molecule has 3 aromatic rings. The summed E-state index contributed by atoms with van der Waals surface area (Å²) in [5.41, 5.74) is 6.83. The van der Waals surface area contributed by atoms with Crippen LogP contribution in [0.25, 0.3) is 11.4 Å². The molecule has 0 radical (unpaired) electrons. The maximum absolute atomic E-state index is 14.0. The van der Waals surface area contributed by atoms with E-state index in [-0.39, 0.29) is 29.8 Å². The summed E-state index contributed by atoms with van der Waals surface area (Å²) in [6.07, 6.45) is 3.60. The molecule has 2 aromatic carbocycles. The highest BCUT2D eigenvalue weighted by molar-refractivity contribution is 7.98.